The molecule has 1 unspecified atom stereocenters. The van der Waals surface area contributed by atoms with Gasteiger partial charge in [0.05, 0.1) is 23.0 Å². The topological polar surface area (TPSA) is 140 Å². The van der Waals surface area contributed by atoms with Gasteiger partial charge in [0.2, 0.25) is 5.91 Å². The third-order valence-corrected chi connectivity index (χ3v) is 7.53. The second kappa shape index (κ2) is 14.7. The number of thioether (sulfide) groups is 1. The lowest BCUT2D eigenvalue weighted by molar-refractivity contribution is -0.384. The van der Waals surface area contributed by atoms with Crippen LogP contribution < -0.4 is 20.7 Å². The Hall–Kier alpha value is -5.42. The zero-order chi connectivity index (χ0) is 31.6. The maximum absolute atomic E-state index is 13.3. The second-order valence-electron chi connectivity index (χ2n) is 9.64. The first-order valence-corrected chi connectivity index (χ1v) is 14.4. The van der Waals surface area contributed by atoms with Gasteiger partial charge in [-0.25, -0.2) is 0 Å². The van der Waals surface area contributed by atoms with Gasteiger partial charge >= 0.3 is 0 Å². The molecule has 0 heterocycles. The lowest BCUT2D eigenvalue weighted by Crippen LogP contribution is -2.30. The fourth-order valence-corrected chi connectivity index (χ4v) is 4.87. The molecule has 0 aliphatic rings. The number of nitrogens with one attached hydrogen (secondary N) is 3. The summed E-state index contributed by atoms with van der Waals surface area (Å²) in [5, 5.41) is 18.9. The van der Waals surface area contributed by atoms with E-state index in [9.17, 15) is 24.5 Å². The Balaban J connectivity index is 1.44. The van der Waals surface area contributed by atoms with Crippen molar-refractivity contribution < 1.29 is 24.0 Å². The van der Waals surface area contributed by atoms with Crippen molar-refractivity contribution in [1.82, 2.24) is 5.32 Å². The zero-order valence-corrected chi connectivity index (χ0v) is 25.0. The Morgan fingerprint density at radius 2 is 1.64 bits per heavy atom. The highest BCUT2D eigenvalue weighted by atomic mass is 32.2. The van der Waals surface area contributed by atoms with Crippen molar-refractivity contribution >= 4 is 52.6 Å². The number of hydrogen-bond donors (Lipinski definition) is 3. The van der Waals surface area contributed by atoms with E-state index >= 15 is 0 Å². The molecule has 0 spiro atoms. The molecule has 0 radical (unpaired) electrons. The molecule has 10 nitrogen and oxygen atoms in total. The lowest BCUT2D eigenvalue weighted by Gasteiger charge is -2.14. The van der Waals surface area contributed by atoms with Crippen LogP contribution in [0, 0.1) is 17.0 Å². The number of carbonyl (C=O) groups is 3. The van der Waals surface area contributed by atoms with E-state index in [1.807, 2.05) is 0 Å². The number of methoxy groups -OCH3 is 1. The number of hydrogen-bond acceptors (Lipinski definition) is 7. The highest BCUT2D eigenvalue weighted by molar-refractivity contribution is 8.00. The van der Waals surface area contributed by atoms with Crippen LogP contribution in [0.3, 0.4) is 0 Å². The van der Waals surface area contributed by atoms with E-state index in [1.54, 1.807) is 112 Å². The molecule has 4 aromatic rings. The minimum Gasteiger partial charge on any atom is -0.497 e. The smallest absolute Gasteiger partial charge is 0.272 e. The Morgan fingerprint density at radius 1 is 0.909 bits per heavy atom. The first-order valence-electron chi connectivity index (χ1n) is 13.5. The number of ether oxygens (including phenoxy) is 1. The molecule has 0 saturated heterocycles. The summed E-state index contributed by atoms with van der Waals surface area (Å²) in [6, 6.07) is 26.9. The summed E-state index contributed by atoms with van der Waals surface area (Å²) in [5.74, 6) is -0.673. The maximum Gasteiger partial charge on any atom is 0.272 e. The molecule has 3 N–H and O–H groups in total. The van der Waals surface area contributed by atoms with Gasteiger partial charge in [0.25, 0.3) is 17.5 Å². The van der Waals surface area contributed by atoms with Gasteiger partial charge in [-0.2, -0.15) is 0 Å². The molecule has 0 fully saturated rings. The normalized spacial score (nSPS) is 11.7. The highest BCUT2D eigenvalue weighted by Crippen LogP contribution is 2.28. The number of nitro benzene ring substituents is 1. The quantitative estimate of drug-likeness (QED) is 0.0768. The summed E-state index contributed by atoms with van der Waals surface area (Å²) in [6.45, 7) is 3.49. The van der Waals surface area contributed by atoms with Crippen molar-refractivity contribution in [3.05, 3.63) is 130 Å². The molecule has 224 valence electrons. The fraction of sp³-hybridized carbons (Fsp3) is 0.121. The average Bonchev–Trinajstić information content (AvgIpc) is 3.03. The number of carbonyl (C=O) groups excluding carboxylic acids is 3. The van der Waals surface area contributed by atoms with Crippen molar-refractivity contribution in [3.8, 4) is 5.75 Å². The first kappa shape index (κ1) is 31.5. The molecule has 0 aliphatic heterocycles. The molecule has 11 heteroatoms. The predicted molar refractivity (Wildman–Crippen MR) is 172 cm³/mol. The standard InChI is InChI=1S/C33H30N4O6S/c1-21-12-15-26(37(41)42)20-29(21)35-31(38)22(2)44-28-16-13-25(14-17-28)34-33(40)30(19-23-8-7-11-27(18-23)43-3)36-32(39)24-9-5-4-6-10-24/h4-20,22H,1-3H3,(H,34,40)(H,35,38)(H,36,39)/b30-19-. The summed E-state index contributed by atoms with van der Waals surface area (Å²) in [6.07, 6.45) is 1.56. The summed E-state index contributed by atoms with van der Waals surface area (Å²) in [7, 11) is 1.54. The maximum atomic E-state index is 13.3. The highest BCUT2D eigenvalue weighted by Gasteiger charge is 2.18. The Labute approximate surface area is 258 Å². The van der Waals surface area contributed by atoms with Gasteiger partial charge in [0, 0.05) is 28.3 Å². The van der Waals surface area contributed by atoms with Crippen molar-refractivity contribution in [2.45, 2.75) is 24.0 Å². The van der Waals surface area contributed by atoms with Gasteiger partial charge in [-0.1, -0.05) is 36.4 Å². The molecule has 0 bridgehead atoms. The SMILES string of the molecule is COc1cccc(/C=C(\NC(=O)c2ccccc2)C(=O)Nc2ccc(SC(C)C(=O)Nc3cc([N+](=O)[O-])ccc3C)cc2)c1. The number of rotatable bonds is 11. The van der Waals surface area contributed by atoms with Gasteiger partial charge in [-0.15, -0.1) is 11.8 Å². The molecule has 0 aliphatic carbocycles. The van der Waals surface area contributed by atoms with Crippen LogP contribution in [-0.2, 0) is 9.59 Å². The zero-order valence-electron chi connectivity index (χ0n) is 24.2. The van der Waals surface area contributed by atoms with Gasteiger partial charge in [-0.3, -0.25) is 24.5 Å². The molecule has 0 aromatic heterocycles. The van der Waals surface area contributed by atoms with Crippen molar-refractivity contribution in [3.63, 3.8) is 0 Å². The van der Waals surface area contributed by atoms with E-state index in [-0.39, 0.29) is 17.3 Å². The summed E-state index contributed by atoms with van der Waals surface area (Å²) in [5.41, 5.74) is 2.55. The first-order chi connectivity index (χ1) is 21.1. The van der Waals surface area contributed by atoms with E-state index in [4.69, 9.17) is 4.74 Å². The van der Waals surface area contributed by atoms with Crippen LogP contribution in [0.5, 0.6) is 5.75 Å². The molecular weight excluding hydrogens is 580 g/mol. The fourth-order valence-electron chi connectivity index (χ4n) is 4.01. The second-order valence-corrected chi connectivity index (χ2v) is 11.1. The number of amides is 3. The predicted octanol–water partition coefficient (Wildman–Crippen LogP) is 6.44. The van der Waals surface area contributed by atoms with Gasteiger partial charge in [0.15, 0.2) is 0 Å². The molecule has 1 atom stereocenters. The number of anilines is 2. The molecular formula is C33H30N4O6S. The van der Waals surface area contributed by atoms with E-state index in [1.165, 1.54) is 23.9 Å². The Bertz CT molecular complexity index is 1710. The Morgan fingerprint density at radius 3 is 2.32 bits per heavy atom. The molecule has 4 rings (SSSR count). The van der Waals surface area contributed by atoms with Crippen molar-refractivity contribution in [1.29, 1.82) is 0 Å². The third-order valence-electron chi connectivity index (χ3n) is 6.42. The summed E-state index contributed by atoms with van der Waals surface area (Å²) >= 11 is 1.29. The third kappa shape index (κ3) is 8.55. The average molecular weight is 611 g/mol. The Kier molecular flexibility index (Phi) is 10.5. The van der Waals surface area contributed by atoms with Crippen LogP contribution >= 0.6 is 11.8 Å². The number of aryl methyl sites for hydroxylation is 1. The largest absolute Gasteiger partial charge is 0.497 e. The number of nitrogens with zero attached hydrogens (tertiary/aromatic N) is 1. The van der Waals surface area contributed by atoms with Gasteiger partial charge in [-0.05, 0) is 79.6 Å². The molecule has 4 aromatic carbocycles. The van der Waals surface area contributed by atoms with Crippen LogP contribution in [-0.4, -0.2) is 35.0 Å². The van der Waals surface area contributed by atoms with Gasteiger partial charge < -0.3 is 20.7 Å². The van der Waals surface area contributed by atoms with Crippen molar-refractivity contribution in [2.75, 3.05) is 17.7 Å². The van der Waals surface area contributed by atoms with E-state index in [2.05, 4.69) is 16.0 Å². The summed E-state index contributed by atoms with van der Waals surface area (Å²) in [4.78, 5) is 50.4. The number of benzene rings is 4. The van der Waals surface area contributed by atoms with Crippen LogP contribution in [0.1, 0.15) is 28.4 Å². The van der Waals surface area contributed by atoms with Crippen LogP contribution in [0.25, 0.3) is 6.08 Å². The van der Waals surface area contributed by atoms with E-state index < -0.39 is 22.0 Å². The lowest BCUT2D eigenvalue weighted by atomic mass is 10.1. The molecule has 0 saturated carbocycles. The van der Waals surface area contributed by atoms with Crippen LogP contribution in [0.2, 0.25) is 0 Å². The van der Waals surface area contributed by atoms with Gasteiger partial charge in [0.1, 0.15) is 11.4 Å². The number of non-ortho nitro benzene ring substituents is 1. The molecule has 44 heavy (non-hydrogen) atoms. The van der Waals surface area contributed by atoms with E-state index in [0.717, 1.165) is 4.90 Å². The summed E-state index contributed by atoms with van der Waals surface area (Å²) < 4.78 is 5.28. The number of nitro groups is 1. The van der Waals surface area contributed by atoms with E-state index in [0.29, 0.717) is 33.8 Å². The van der Waals surface area contributed by atoms with Crippen LogP contribution in [0.4, 0.5) is 17.1 Å². The minimum absolute atomic E-state index is 0.0345. The molecule has 3 amide bonds. The monoisotopic (exact) mass is 610 g/mol. The van der Waals surface area contributed by atoms with Crippen molar-refractivity contribution in [2.24, 2.45) is 0 Å². The minimum atomic E-state index is -0.530. The van der Waals surface area contributed by atoms with Crippen LogP contribution in [0.15, 0.2) is 108 Å².